The van der Waals surface area contributed by atoms with Gasteiger partial charge in [0, 0.05) is 24.1 Å². The molecule has 0 aliphatic carbocycles. The molecule has 1 N–H and O–H groups in total. The summed E-state index contributed by atoms with van der Waals surface area (Å²) < 4.78 is 5.31. The molecule has 26 heavy (non-hydrogen) atoms. The largest absolute Gasteiger partial charge is 0.361 e. The van der Waals surface area contributed by atoms with E-state index in [0.717, 1.165) is 53.6 Å². The van der Waals surface area contributed by atoms with Gasteiger partial charge in [0.2, 0.25) is 0 Å². The predicted molar refractivity (Wildman–Crippen MR) is 97.3 cm³/mol. The number of aromatic amines is 1. The molecule has 1 aliphatic rings. The minimum Gasteiger partial charge on any atom is -0.361 e. The molecule has 0 saturated carbocycles. The summed E-state index contributed by atoms with van der Waals surface area (Å²) in [4.78, 5) is 19.4. The molecule has 0 radical (unpaired) electrons. The number of hydrogen-bond acceptors (Lipinski definition) is 6. The number of aromatic nitrogens is 5. The number of rotatable bonds is 4. The SMILES string of the molecule is Cc1cc([C@@H]2CCCCN2Cc2cnc[nH]2)nc(-c2c(C)noc2C)n1. The average molecular weight is 352 g/mol. The highest BCUT2D eigenvalue weighted by atomic mass is 16.5. The van der Waals surface area contributed by atoms with Gasteiger partial charge in [-0.3, -0.25) is 4.90 Å². The topological polar surface area (TPSA) is 83.7 Å². The molecular formula is C19H24N6O. The summed E-state index contributed by atoms with van der Waals surface area (Å²) in [6.07, 6.45) is 7.16. The van der Waals surface area contributed by atoms with Gasteiger partial charge in [-0.25, -0.2) is 15.0 Å². The number of H-pyrrole nitrogens is 1. The van der Waals surface area contributed by atoms with Crippen LogP contribution in [0.25, 0.3) is 11.4 Å². The van der Waals surface area contributed by atoms with Gasteiger partial charge in [0.15, 0.2) is 5.82 Å². The maximum atomic E-state index is 5.31. The Kier molecular flexibility index (Phi) is 4.55. The Morgan fingerprint density at radius 3 is 2.85 bits per heavy atom. The highest BCUT2D eigenvalue weighted by Crippen LogP contribution is 2.33. The van der Waals surface area contributed by atoms with Gasteiger partial charge in [-0.05, 0) is 46.2 Å². The summed E-state index contributed by atoms with van der Waals surface area (Å²) in [5, 5.41) is 4.05. The molecule has 0 bridgehead atoms. The van der Waals surface area contributed by atoms with Crippen LogP contribution in [0.1, 0.15) is 53.8 Å². The van der Waals surface area contributed by atoms with Crippen LogP contribution in [-0.4, -0.2) is 36.5 Å². The molecule has 136 valence electrons. The van der Waals surface area contributed by atoms with Crippen LogP contribution >= 0.6 is 0 Å². The van der Waals surface area contributed by atoms with Gasteiger partial charge in [0.05, 0.1) is 29.3 Å². The highest BCUT2D eigenvalue weighted by molar-refractivity contribution is 5.60. The number of aryl methyl sites for hydroxylation is 3. The van der Waals surface area contributed by atoms with Crippen molar-refractivity contribution in [1.82, 2.24) is 30.0 Å². The van der Waals surface area contributed by atoms with Crippen molar-refractivity contribution in [2.24, 2.45) is 0 Å². The monoisotopic (exact) mass is 352 g/mol. The van der Waals surface area contributed by atoms with Crippen LogP contribution in [0, 0.1) is 20.8 Å². The van der Waals surface area contributed by atoms with Crippen molar-refractivity contribution in [3.05, 3.63) is 47.1 Å². The van der Waals surface area contributed by atoms with Crippen LogP contribution in [0.5, 0.6) is 0 Å². The van der Waals surface area contributed by atoms with Crippen molar-refractivity contribution < 1.29 is 4.52 Å². The first kappa shape index (κ1) is 16.9. The van der Waals surface area contributed by atoms with Gasteiger partial charge >= 0.3 is 0 Å². The molecule has 7 nitrogen and oxygen atoms in total. The zero-order chi connectivity index (χ0) is 18.1. The molecule has 7 heteroatoms. The molecule has 3 aromatic heterocycles. The van der Waals surface area contributed by atoms with E-state index < -0.39 is 0 Å². The zero-order valence-electron chi connectivity index (χ0n) is 15.5. The lowest BCUT2D eigenvalue weighted by molar-refractivity contribution is 0.135. The number of likely N-dealkylation sites (tertiary alicyclic amines) is 1. The van der Waals surface area contributed by atoms with Gasteiger partial charge in [-0.1, -0.05) is 11.6 Å². The van der Waals surface area contributed by atoms with E-state index in [1.807, 2.05) is 27.0 Å². The van der Waals surface area contributed by atoms with Crippen LogP contribution in [0.2, 0.25) is 0 Å². The van der Waals surface area contributed by atoms with Gasteiger partial charge in [0.1, 0.15) is 5.76 Å². The molecule has 4 rings (SSSR count). The van der Waals surface area contributed by atoms with Crippen LogP contribution in [0.15, 0.2) is 23.1 Å². The first-order chi connectivity index (χ1) is 12.6. The first-order valence-electron chi connectivity index (χ1n) is 9.12. The molecule has 1 atom stereocenters. The van der Waals surface area contributed by atoms with E-state index in [2.05, 4.69) is 31.1 Å². The number of piperidine rings is 1. The molecule has 0 spiro atoms. The van der Waals surface area contributed by atoms with Crippen molar-refractivity contribution in [3.8, 4) is 11.4 Å². The predicted octanol–water partition coefficient (Wildman–Crippen LogP) is 3.51. The van der Waals surface area contributed by atoms with Crippen LogP contribution in [0.3, 0.4) is 0 Å². The molecule has 1 aliphatic heterocycles. The highest BCUT2D eigenvalue weighted by Gasteiger charge is 2.27. The Labute approximate surface area is 152 Å². The maximum absolute atomic E-state index is 5.31. The van der Waals surface area contributed by atoms with E-state index in [-0.39, 0.29) is 6.04 Å². The summed E-state index contributed by atoms with van der Waals surface area (Å²) in [5.41, 5.74) is 4.92. The minimum absolute atomic E-state index is 0.285. The van der Waals surface area contributed by atoms with E-state index in [4.69, 9.17) is 9.51 Å². The summed E-state index contributed by atoms with van der Waals surface area (Å²) in [6, 6.07) is 2.39. The first-order valence-corrected chi connectivity index (χ1v) is 9.12. The lowest BCUT2D eigenvalue weighted by Crippen LogP contribution is -2.33. The summed E-state index contributed by atoms with van der Waals surface area (Å²) in [7, 11) is 0. The second kappa shape index (κ2) is 6.99. The summed E-state index contributed by atoms with van der Waals surface area (Å²) >= 11 is 0. The molecule has 1 saturated heterocycles. The van der Waals surface area contributed by atoms with Crippen LogP contribution in [-0.2, 0) is 6.54 Å². The van der Waals surface area contributed by atoms with E-state index in [1.165, 1.54) is 12.8 Å². The number of nitrogens with zero attached hydrogens (tertiary/aromatic N) is 5. The normalized spacial score (nSPS) is 18.3. The second-order valence-corrected chi connectivity index (χ2v) is 7.02. The molecular weight excluding hydrogens is 328 g/mol. The van der Waals surface area contributed by atoms with Gasteiger partial charge in [0.25, 0.3) is 0 Å². The van der Waals surface area contributed by atoms with Crippen molar-refractivity contribution in [1.29, 1.82) is 0 Å². The number of imidazole rings is 1. The Morgan fingerprint density at radius 1 is 1.23 bits per heavy atom. The molecule has 1 fully saturated rings. The van der Waals surface area contributed by atoms with Crippen molar-refractivity contribution in [2.75, 3.05) is 6.54 Å². The molecule has 4 heterocycles. The standard InChI is InChI=1S/C19H24N6O/c1-12-8-16(23-19(22-12)18-13(2)24-26-14(18)3)17-6-4-5-7-25(17)10-15-9-20-11-21-15/h8-9,11,17H,4-7,10H2,1-3H3,(H,20,21)/t17-/m0/s1. The maximum Gasteiger partial charge on any atom is 0.165 e. The van der Waals surface area contributed by atoms with E-state index >= 15 is 0 Å². The molecule has 3 aromatic rings. The molecule has 0 amide bonds. The fourth-order valence-corrected chi connectivity index (χ4v) is 3.78. The van der Waals surface area contributed by atoms with Crippen molar-refractivity contribution in [3.63, 3.8) is 0 Å². The lowest BCUT2D eigenvalue weighted by Gasteiger charge is -2.35. The van der Waals surface area contributed by atoms with E-state index in [0.29, 0.717) is 5.82 Å². The van der Waals surface area contributed by atoms with Gasteiger partial charge < -0.3 is 9.51 Å². The summed E-state index contributed by atoms with van der Waals surface area (Å²) in [5.74, 6) is 1.47. The van der Waals surface area contributed by atoms with Crippen LogP contribution < -0.4 is 0 Å². The quantitative estimate of drug-likeness (QED) is 0.773. The smallest absolute Gasteiger partial charge is 0.165 e. The number of nitrogens with one attached hydrogen (secondary N) is 1. The minimum atomic E-state index is 0.285. The van der Waals surface area contributed by atoms with E-state index in [1.54, 1.807) is 6.33 Å². The Morgan fingerprint density at radius 2 is 2.12 bits per heavy atom. The fourth-order valence-electron chi connectivity index (χ4n) is 3.78. The number of hydrogen-bond donors (Lipinski definition) is 1. The third kappa shape index (κ3) is 3.26. The Hall–Kier alpha value is -2.54. The fraction of sp³-hybridized carbons (Fsp3) is 0.474. The third-order valence-corrected chi connectivity index (χ3v) is 5.01. The summed E-state index contributed by atoms with van der Waals surface area (Å²) in [6.45, 7) is 7.78. The Balaban J connectivity index is 1.69. The zero-order valence-corrected chi connectivity index (χ0v) is 15.5. The van der Waals surface area contributed by atoms with Crippen LogP contribution in [0.4, 0.5) is 0 Å². The van der Waals surface area contributed by atoms with E-state index in [9.17, 15) is 0 Å². The average Bonchev–Trinajstić information content (AvgIpc) is 3.24. The molecule has 0 aromatic carbocycles. The van der Waals surface area contributed by atoms with Crippen molar-refractivity contribution >= 4 is 0 Å². The van der Waals surface area contributed by atoms with Gasteiger partial charge in [-0.15, -0.1) is 0 Å². The van der Waals surface area contributed by atoms with Crippen molar-refractivity contribution in [2.45, 2.75) is 52.6 Å². The van der Waals surface area contributed by atoms with Gasteiger partial charge in [-0.2, -0.15) is 0 Å². The Bertz CT molecular complexity index is 866. The third-order valence-electron chi connectivity index (χ3n) is 5.01. The second-order valence-electron chi connectivity index (χ2n) is 7.02. The lowest BCUT2D eigenvalue weighted by atomic mass is 9.98. The molecule has 0 unspecified atom stereocenters.